The van der Waals surface area contributed by atoms with Crippen LogP contribution >= 0.6 is 0 Å². The van der Waals surface area contributed by atoms with Gasteiger partial charge >= 0.3 is 0 Å². The molecule has 27 heavy (non-hydrogen) atoms. The predicted molar refractivity (Wildman–Crippen MR) is 103 cm³/mol. The van der Waals surface area contributed by atoms with E-state index in [9.17, 15) is 18.3 Å². The molecule has 0 spiro atoms. The van der Waals surface area contributed by atoms with Crippen LogP contribution in [0.2, 0.25) is 0 Å². The highest BCUT2D eigenvalue weighted by Crippen LogP contribution is 2.27. The Labute approximate surface area is 158 Å². The number of primary sulfonamides is 1. The van der Waals surface area contributed by atoms with E-state index in [-0.39, 0.29) is 23.1 Å². The van der Waals surface area contributed by atoms with Gasteiger partial charge in [0.05, 0.1) is 17.1 Å². The Hall–Kier alpha value is -2.62. The Bertz CT molecular complexity index is 924. The fourth-order valence-electron chi connectivity index (χ4n) is 3.03. The topological polar surface area (TPSA) is 116 Å². The third kappa shape index (κ3) is 4.97. The first-order valence-electron chi connectivity index (χ1n) is 8.51. The van der Waals surface area contributed by atoms with E-state index in [2.05, 4.69) is 10.2 Å². The first-order chi connectivity index (χ1) is 12.8. The minimum Gasteiger partial charge on any atom is -0.506 e. The first kappa shape index (κ1) is 19.2. The lowest BCUT2D eigenvalue weighted by Crippen LogP contribution is -2.48. The van der Waals surface area contributed by atoms with E-state index in [1.54, 1.807) is 18.2 Å². The van der Waals surface area contributed by atoms with Crippen molar-refractivity contribution in [2.75, 3.05) is 42.9 Å². The molecule has 0 aromatic heterocycles. The number of carbonyl (C=O) groups is 1. The van der Waals surface area contributed by atoms with Gasteiger partial charge in [-0.15, -0.1) is 0 Å². The van der Waals surface area contributed by atoms with Crippen molar-refractivity contribution in [2.24, 2.45) is 5.14 Å². The standard InChI is InChI=1S/C18H22N4O4S/c19-27(25,26)15-5-3-4-14(12-15)20-18(24)13-21-8-10-22(11-9-21)16-6-1-2-7-17(16)23/h1-7,12,23H,8-11,13H2,(H,20,24)(H2,19,25,26). The number of anilines is 2. The van der Waals surface area contributed by atoms with Crippen molar-refractivity contribution in [3.63, 3.8) is 0 Å². The van der Waals surface area contributed by atoms with E-state index in [1.807, 2.05) is 17.0 Å². The number of sulfonamides is 1. The molecule has 0 bridgehead atoms. The van der Waals surface area contributed by atoms with Gasteiger partial charge < -0.3 is 15.3 Å². The number of nitrogens with two attached hydrogens (primary N) is 1. The Morgan fingerprint density at radius 1 is 1.07 bits per heavy atom. The van der Waals surface area contributed by atoms with Crippen molar-refractivity contribution in [1.82, 2.24) is 4.90 Å². The molecule has 1 fully saturated rings. The average molecular weight is 390 g/mol. The zero-order chi connectivity index (χ0) is 19.4. The number of rotatable bonds is 5. The third-order valence-electron chi connectivity index (χ3n) is 4.41. The molecule has 1 aliphatic heterocycles. The quantitative estimate of drug-likeness (QED) is 0.695. The molecule has 3 rings (SSSR count). The van der Waals surface area contributed by atoms with Crippen LogP contribution in [0.15, 0.2) is 53.4 Å². The summed E-state index contributed by atoms with van der Waals surface area (Å²) in [7, 11) is -3.81. The molecule has 9 heteroatoms. The molecule has 0 atom stereocenters. The number of phenols is 1. The highest BCUT2D eigenvalue weighted by Gasteiger charge is 2.21. The molecule has 4 N–H and O–H groups in total. The molecule has 0 unspecified atom stereocenters. The molecule has 1 heterocycles. The van der Waals surface area contributed by atoms with Crippen LogP contribution in [0.1, 0.15) is 0 Å². The van der Waals surface area contributed by atoms with Crippen molar-refractivity contribution in [2.45, 2.75) is 4.90 Å². The number of hydrogen-bond donors (Lipinski definition) is 3. The second kappa shape index (κ2) is 7.95. The molecule has 1 amide bonds. The van der Waals surface area contributed by atoms with Gasteiger partial charge in [-0.1, -0.05) is 18.2 Å². The predicted octanol–water partition coefficient (Wildman–Crippen LogP) is 0.800. The molecule has 2 aromatic rings. The van der Waals surface area contributed by atoms with Gasteiger partial charge in [-0.05, 0) is 30.3 Å². The SMILES string of the molecule is NS(=O)(=O)c1cccc(NC(=O)CN2CCN(c3ccccc3O)CC2)c1. The third-order valence-corrected chi connectivity index (χ3v) is 5.32. The molecule has 144 valence electrons. The Morgan fingerprint density at radius 3 is 2.44 bits per heavy atom. The van der Waals surface area contributed by atoms with Gasteiger partial charge in [-0.2, -0.15) is 0 Å². The molecule has 1 saturated heterocycles. The molecule has 0 radical (unpaired) electrons. The maximum atomic E-state index is 12.3. The molecule has 1 aliphatic rings. The number of amides is 1. The lowest BCUT2D eigenvalue weighted by Gasteiger charge is -2.35. The number of nitrogens with zero attached hydrogens (tertiary/aromatic N) is 2. The summed E-state index contributed by atoms with van der Waals surface area (Å²) in [6.07, 6.45) is 0. The number of phenolic OH excluding ortho intramolecular Hbond substituents is 1. The first-order valence-corrected chi connectivity index (χ1v) is 10.1. The van der Waals surface area contributed by atoms with Crippen molar-refractivity contribution in [3.05, 3.63) is 48.5 Å². The molecule has 8 nitrogen and oxygen atoms in total. The summed E-state index contributed by atoms with van der Waals surface area (Å²) < 4.78 is 22.8. The lowest BCUT2D eigenvalue weighted by molar-refractivity contribution is -0.117. The van der Waals surface area contributed by atoms with Crippen LogP contribution in [0, 0.1) is 0 Å². The molecular weight excluding hydrogens is 368 g/mol. The monoisotopic (exact) mass is 390 g/mol. The van der Waals surface area contributed by atoms with Crippen molar-refractivity contribution >= 4 is 27.3 Å². The van der Waals surface area contributed by atoms with Gasteiger partial charge in [0.1, 0.15) is 5.75 Å². The van der Waals surface area contributed by atoms with Crippen LogP contribution in [-0.2, 0) is 14.8 Å². The summed E-state index contributed by atoms with van der Waals surface area (Å²) >= 11 is 0. The van der Waals surface area contributed by atoms with E-state index in [1.165, 1.54) is 18.2 Å². The van der Waals surface area contributed by atoms with Crippen LogP contribution in [0.25, 0.3) is 0 Å². The van der Waals surface area contributed by atoms with Crippen LogP contribution in [0.3, 0.4) is 0 Å². The van der Waals surface area contributed by atoms with Gasteiger partial charge in [0.2, 0.25) is 15.9 Å². The van der Waals surface area contributed by atoms with Gasteiger partial charge in [0, 0.05) is 31.9 Å². The fraction of sp³-hybridized carbons (Fsp3) is 0.278. The number of nitrogens with one attached hydrogen (secondary N) is 1. The fourth-order valence-corrected chi connectivity index (χ4v) is 3.59. The average Bonchev–Trinajstić information content (AvgIpc) is 2.62. The van der Waals surface area contributed by atoms with Crippen molar-refractivity contribution in [1.29, 1.82) is 0 Å². The van der Waals surface area contributed by atoms with Crippen LogP contribution in [0.5, 0.6) is 5.75 Å². The molecular formula is C18H22N4O4S. The summed E-state index contributed by atoms with van der Waals surface area (Å²) in [6, 6.07) is 13.0. The van der Waals surface area contributed by atoms with Gasteiger partial charge in [0.15, 0.2) is 0 Å². The highest BCUT2D eigenvalue weighted by molar-refractivity contribution is 7.89. The normalized spacial score (nSPS) is 15.5. The van der Waals surface area contributed by atoms with E-state index >= 15 is 0 Å². The minimum atomic E-state index is -3.81. The summed E-state index contributed by atoms with van der Waals surface area (Å²) in [5.74, 6) is 0.0241. The summed E-state index contributed by atoms with van der Waals surface area (Å²) in [6.45, 7) is 2.96. The number of benzene rings is 2. The minimum absolute atomic E-state index is 0.0448. The smallest absolute Gasteiger partial charge is 0.238 e. The van der Waals surface area contributed by atoms with E-state index < -0.39 is 10.0 Å². The lowest BCUT2D eigenvalue weighted by atomic mass is 10.2. The van der Waals surface area contributed by atoms with Crippen LogP contribution < -0.4 is 15.4 Å². The number of hydrogen-bond acceptors (Lipinski definition) is 6. The largest absolute Gasteiger partial charge is 0.506 e. The maximum absolute atomic E-state index is 12.3. The van der Waals surface area contributed by atoms with Crippen molar-refractivity contribution < 1.29 is 18.3 Å². The number of carbonyl (C=O) groups excluding carboxylic acids is 1. The Balaban J connectivity index is 1.54. The van der Waals surface area contributed by atoms with E-state index in [0.29, 0.717) is 31.9 Å². The van der Waals surface area contributed by atoms with Crippen molar-refractivity contribution in [3.8, 4) is 5.75 Å². The second-order valence-corrected chi connectivity index (χ2v) is 7.93. The van der Waals surface area contributed by atoms with Crippen LogP contribution in [0.4, 0.5) is 11.4 Å². The number of para-hydroxylation sites is 2. The van der Waals surface area contributed by atoms with Crippen LogP contribution in [-0.4, -0.2) is 57.1 Å². The highest BCUT2D eigenvalue weighted by atomic mass is 32.2. The zero-order valence-corrected chi connectivity index (χ0v) is 15.5. The Kier molecular flexibility index (Phi) is 5.64. The molecule has 2 aromatic carbocycles. The van der Waals surface area contributed by atoms with Gasteiger partial charge in [-0.3, -0.25) is 9.69 Å². The molecule has 0 aliphatic carbocycles. The molecule has 0 saturated carbocycles. The van der Waals surface area contributed by atoms with E-state index in [0.717, 1.165) is 5.69 Å². The number of piperazine rings is 1. The zero-order valence-electron chi connectivity index (χ0n) is 14.7. The van der Waals surface area contributed by atoms with Gasteiger partial charge in [0.25, 0.3) is 0 Å². The summed E-state index contributed by atoms with van der Waals surface area (Å²) in [5, 5.41) is 17.8. The second-order valence-electron chi connectivity index (χ2n) is 6.37. The summed E-state index contributed by atoms with van der Waals surface area (Å²) in [4.78, 5) is 16.3. The van der Waals surface area contributed by atoms with E-state index in [4.69, 9.17) is 5.14 Å². The number of aromatic hydroxyl groups is 1. The Morgan fingerprint density at radius 2 is 1.78 bits per heavy atom. The maximum Gasteiger partial charge on any atom is 0.238 e. The summed E-state index contributed by atoms with van der Waals surface area (Å²) in [5.41, 5.74) is 1.18. The van der Waals surface area contributed by atoms with Gasteiger partial charge in [-0.25, -0.2) is 13.6 Å².